The van der Waals surface area contributed by atoms with E-state index in [9.17, 15) is 4.79 Å². The zero-order chi connectivity index (χ0) is 9.97. The number of methoxy groups -OCH3 is 1. The maximum Gasteiger partial charge on any atom is 0.337 e. The topological polar surface area (TPSA) is 38.3 Å². The van der Waals surface area contributed by atoms with Crippen molar-refractivity contribution in [1.29, 1.82) is 0 Å². The fourth-order valence-electron chi connectivity index (χ4n) is 1.54. The van der Waals surface area contributed by atoms with Crippen LogP contribution in [0, 0.1) is 0 Å². The molecular formula is C11H14ClNO2. The molecule has 0 spiro atoms. The van der Waals surface area contributed by atoms with Crippen LogP contribution in [-0.2, 0) is 4.74 Å². The van der Waals surface area contributed by atoms with Crippen LogP contribution < -0.4 is 5.32 Å². The lowest BCUT2D eigenvalue weighted by molar-refractivity contribution is 0.0600. The summed E-state index contributed by atoms with van der Waals surface area (Å²) in [4.78, 5) is 11.1. The van der Waals surface area contributed by atoms with Gasteiger partial charge < -0.3 is 10.1 Å². The van der Waals surface area contributed by atoms with Crippen LogP contribution >= 0.6 is 12.4 Å². The molecule has 0 amide bonds. The van der Waals surface area contributed by atoms with Gasteiger partial charge in [0.25, 0.3) is 0 Å². The Morgan fingerprint density at radius 3 is 2.40 bits per heavy atom. The van der Waals surface area contributed by atoms with Crippen molar-refractivity contribution in [2.45, 2.75) is 12.5 Å². The van der Waals surface area contributed by atoms with E-state index in [-0.39, 0.29) is 18.4 Å². The largest absolute Gasteiger partial charge is 0.465 e. The molecule has 1 aliphatic heterocycles. The molecule has 1 aliphatic rings. The van der Waals surface area contributed by atoms with E-state index in [0.717, 1.165) is 6.54 Å². The number of carbonyl (C=O) groups excluding carboxylic acids is 1. The Bertz CT molecular complexity index is 333. The van der Waals surface area contributed by atoms with Crippen LogP contribution in [0.1, 0.15) is 28.4 Å². The van der Waals surface area contributed by atoms with E-state index >= 15 is 0 Å². The molecule has 1 saturated heterocycles. The predicted octanol–water partition coefficient (Wildman–Crippen LogP) is 1.93. The van der Waals surface area contributed by atoms with Crippen LogP contribution in [0.3, 0.4) is 0 Å². The molecule has 1 N–H and O–H groups in total. The minimum atomic E-state index is -0.280. The lowest BCUT2D eigenvalue weighted by Gasteiger charge is -2.27. The highest BCUT2D eigenvalue weighted by Gasteiger charge is 2.18. The quantitative estimate of drug-likeness (QED) is 0.785. The highest BCUT2D eigenvalue weighted by atomic mass is 35.5. The third-order valence-electron chi connectivity index (χ3n) is 2.56. The molecule has 0 unspecified atom stereocenters. The molecule has 0 aromatic heterocycles. The van der Waals surface area contributed by atoms with Crippen molar-refractivity contribution in [2.24, 2.45) is 0 Å². The minimum absolute atomic E-state index is 0. The van der Waals surface area contributed by atoms with Gasteiger partial charge in [0.2, 0.25) is 0 Å². The first kappa shape index (κ1) is 12.0. The highest BCUT2D eigenvalue weighted by molar-refractivity contribution is 5.89. The minimum Gasteiger partial charge on any atom is -0.465 e. The molecule has 1 aromatic rings. The maximum absolute atomic E-state index is 11.1. The third kappa shape index (κ3) is 2.49. The number of carbonyl (C=O) groups is 1. The number of nitrogens with one attached hydrogen (secondary N) is 1. The Morgan fingerprint density at radius 2 is 2.00 bits per heavy atom. The zero-order valence-electron chi connectivity index (χ0n) is 8.53. The number of esters is 1. The lowest BCUT2D eigenvalue weighted by atomic mass is 9.97. The van der Waals surface area contributed by atoms with Gasteiger partial charge >= 0.3 is 5.97 Å². The lowest BCUT2D eigenvalue weighted by Crippen LogP contribution is -2.34. The molecule has 0 radical (unpaired) electrons. The summed E-state index contributed by atoms with van der Waals surface area (Å²) >= 11 is 0. The van der Waals surface area contributed by atoms with Crippen molar-refractivity contribution < 1.29 is 9.53 Å². The highest BCUT2D eigenvalue weighted by Crippen LogP contribution is 2.22. The summed E-state index contributed by atoms with van der Waals surface area (Å²) in [6.45, 7) is 1.09. The van der Waals surface area contributed by atoms with Gasteiger partial charge in [0.15, 0.2) is 0 Å². The van der Waals surface area contributed by atoms with E-state index in [2.05, 4.69) is 10.1 Å². The number of rotatable bonds is 2. The fraction of sp³-hybridized carbons (Fsp3) is 0.364. The Morgan fingerprint density at radius 1 is 1.40 bits per heavy atom. The van der Waals surface area contributed by atoms with Gasteiger partial charge in [-0.1, -0.05) is 12.1 Å². The van der Waals surface area contributed by atoms with Crippen LogP contribution in [0.4, 0.5) is 0 Å². The van der Waals surface area contributed by atoms with Gasteiger partial charge in [-0.25, -0.2) is 4.79 Å². The molecule has 3 nitrogen and oxygen atoms in total. The van der Waals surface area contributed by atoms with Gasteiger partial charge in [0, 0.05) is 6.04 Å². The monoisotopic (exact) mass is 227 g/mol. The molecule has 1 atom stereocenters. The molecule has 15 heavy (non-hydrogen) atoms. The summed E-state index contributed by atoms with van der Waals surface area (Å²) in [6.07, 6.45) is 1.18. The number of halogens is 1. The molecule has 4 heteroatoms. The van der Waals surface area contributed by atoms with E-state index in [0.29, 0.717) is 11.6 Å². The molecule has 1 aromatic carbocycles. The summed E-state index contributed by atoms with van der Waals surface area (Å²) in [6, 6.07) is 8.04. The molecule has 0 saturated carbocycles. The molecule has 0 bridgehead atoms. The summed E-state index contributed by atoms with van der Waals surface area (Å²) in [5.74, 6) is -0.280. The molecule has 1 fully saturated rings. The van der Waals surface area contributed by atoms with Crippen LogP contribution in [0.5, 0.6) is 0 Å². The smallest absolute Gasteiger partial charge is 0.337 e. The van der Waals surface area contributed by atoms with Crippen molar-refractivity contribution in [3.8, 4) is 0 Å². The predicted molar refractivity (Wildman–Crippen MR) is 60.4 cm³/mol. The summed E-state index contributed by atoms with van der Waals surface area (Å²) in [5.41, 5.74) is 1.85. The normalized spacial score (nSPS) is 18.6. The fourth-order valence-corrected chi connectivity index (χ4v) is 1.54. The number of hydrogen-bond acceptors (Lipinski definition) is 3. The average Bonchev–Trinajstić information content (AvgIpc) is 2.15. The van der Waals surface area contributed by atoms with Gasteiger partial charge in [-0.15, -0.1) is 12.4 Å². The molecular weight excluding hydrogens is 214 g/mol. The Labute approximate surface area is 95.2 Å². The first-order valence-electron chi connectivity index (χ1n) is 4.73. The summed E-state index contributed by atoms with van der Waals surface area (Å²) in [5, 5.41) is 3.31. The van der Waals surface area contributed by atoms with Crippen LogP contribution in [-0.4, -0.2) is 19.6 Å². The summed E-state index contributed by atoms with van der Waals surface area (Å²) < 4.78 is 4.62. The third-order valence-corrected chi connectivity index (χ3v) is 2.56. The second-order valence-corrected chi connectivity index (χ2v) is 3.41. The number of hydrogen-bond donors (Lipinski definition) is 1. The number of benzene rings is 1. The number of ether oxygens (including phenoxy) is 1. The van der Waals surface area contributed by atoms with Gasteiger partial charge in [0.05, 0.1) is 12.7 Å². The van der Waals surface area contributed by atoms with E-state index in [4.69, 9.17) is 0 Å². The Balaban J connectivity index is 0.00000112. The van der Waals surface area contributed by atoms with Crippen molar-refractivity contribution >= 4 is 18.4 Å². The van der Waals surface area contributed by atoms with E-state index in [1.807, 2.05) is 12.1 Å². The Kier molecular flexibility index (Phi) is 4.12. The maximum atomic E-state index is 11.1. The molecule has 1 heterocycles. The van der Waals surface area contributed by atoms with Gasteiger partial charge in [-0.3, -0.25) is 0 Å². The molecule has 82 valence electrons. The first-order chi connectivity index (χ1) is 6.81. The molecule has 0 aliphatic carbocycles. The first-order valence-corrected chi connectivity index (χ1v) is 4.73. The van der Waals surface area contributed by atoms with Crippen LogP contribution in [0.25, 0.3) is 0 Å². The average molecular weight is 228 g/mol. The van der Waals surface area contributed by atoms with E-state index < -0.39 is 0 Å². The second-order valence-electron chi connectivity index (χ2n) is 3.41. The van der Waals surface area contributed by atoms with E-state index in [1.54, 1.807) is 12.1 Å². The standard InChI is InChI=1S/C11H13NO2.ClH/c1-14-11(13)9-4-2-8(3-5-9)10-6-7-12-10;/h2-5,10,12H,6-7H2,1H3;1H/t10-;/m0./s1. The van der Waals surface area contributed by atoms with Crippen molar-refractivity contribution in [2.75, 3.05) is 13.7 Å². The van der Waals surface area contributed by atoms with Crippen molar-refractivity contribution in [1.82, 2.24) is 5.32 Å². The van der Waals surface area contributed by atoms with Gasteiger partial charge in [-0.05, 0) is 30.7 Å². The SMILES string of the molecule is COC(=O)c1ccc([C@@H]2CCN2)cc1.Cl. The van der Waals surface area contributed by atoms with Gasteiger partial charge in [-0.2, -0.15) is 0 Å². The van der Waals surface area contributed by atoms with Crippen LogP contribution in [0.2, 0.25) is 0 Å². The van der Waals surface area contributed by atoms with Crippen molar-refractivity contribution in [3.63, 3.8) is 0 Å². The van der Waals surface area contributed by atoms with Crippen molar-refractivity contribution in [3.05, 3.63) is 35.4 Å². The second kappa shape index (κ2) is 5.14. The Hall–Kier alpha value is -1.06. The zero-order valence-corrected chi connectivity index (χ0v) is 9.34. The summed E-state index contributed by atoms with van der Waals surface area (Å²) in [7, 11) is 1.39. The molecule has 2 rings (SSSR count). The van der Waals surface area contributed by atoms with Crippen LogP contribution in [0.15, 0.2) is 24.3 Å². The van der Waals surface area contributed by atoms with E-state index in [1.165, 1.54) is 19.1 Å². The van der Waals surface area contributed by atoms with Gasteiger partial charge in [0.1, 0.15) is 0 Å².